The van der Waals surface area contributed by atoms with Crippen molar-refractivity contribution < 1.29 is 23.2 Å². The molecule has 1 amide bonds. The number of hydrogen-bond donors (Lipinski definition) is 2. The van der Waals surface area contributed by atoms with Crippen LogP contribution in [-0.2, 0) is 14.6 Å². The molecule has 0 fully saturated rings. The number of aromatic nitrogens is 1. The molecule has 1 aromatic carbocycles. The summed E-state index contributed by atoms with van der Waals surface area (Å²) in [6.07, 6.45) is 2.98. The Kier molecular flexibility index (Phi) is 9.41. The van der Waals surface area contributed by atoms with Gasteiger partial charge in [0.15, 0.2) is 9.84 Å². The maximum Gasteiger partial charge on any atom is 0.265 e. The van der Waals surface area contributed by atoms with Crippen LogP contribution < -0.4 is 15.1 Å². The van der Waals surface area contributed by atoms with Crippen LogP contribution in [0.4, 0.5) is 5.69 Å². The third kappa shape index (κ3) is 6.64. The van der Waals surface area contributed by atoms with Crippen molar-refractivity contribution in [1.29, 1.82) is 0 Å². The molecule has 1 unspecified atom stereocenters. The van der Waals surface area contributed by atoms with Gasteiger partial charge in [0.05, 0.1) is 16.8 Å². The molecule has 1 atom stereocenters. The molecule has 10 heteroatoms. The Morgan fingerprint density at radius 2 is 2.00 bits per heavy atom. The third-order valence-electron chi connectivity index (χ3n) is 3.91. The number of anilines is 1. The van der Waals surface area contributed by atoms with Crippen LogP contribution in [0.25, 0.3) is 0 Å². The van der Waals surface area contributed by atoms with Crippen LogP contribution in [0.2, 0.25) is 0 Å². The zero-order valence-corrected chi connectivity index (χ0v) is 17.5. The Hall–Kier alpha value is -2.80. The van der Waals surface area contributed by atoms with E-state index in [1.165, 1.54) is 36.4 Å². The fraction of sp³-hybridized carbons (Fsp3) is 0.263. The minimum Gasteiger partial charge on any atom is -0.481 e. The highest BCUT2D eigenvalue weighted by atomic mass is 35.5. The number of nitrogens with zero attached hydrogens (tertiary/aromatic N) is 2. The maximum absolute atomic E-state index is 12.9. The standard InChI is InChI=1S/C19H21N3O5S.ClH/c1-3-4-12-27-17-7-9-18(10-8-17)28(25,26)14-22(15(2)19(23)21-24)16-6-5-11-20-13-16;/h5-11,13,15,24H,12,14H2,1-2H3,(H,21,23);1H. The van der Waals surface area contributed by atoms with Gasteiger partial charge in [-0.2, -0.15) is 0 Å². The van der Waals surface area contributed by atoms with Gasteiger partial charge in [0.2, 0.25) is 0 Å². The van der Waals surface area contributed by atoms with E-state index in [1.54, 1.807) is 36.7 Å². The summed E-state index contributed by atoms with van der Waals surface area (Å²) >= 11 is 0. The van der Waals surface area contributed by atoms with Crippen molar-refractivity contribution in [2.45, 2.75) is 24.8 Å². The van der Waals surface area contributed by atoms with Gasteiger partial charge < -0.3 is 9.64 Å². The average molecular weight is 440 g/mol. The number of rotatable bonds is 8. The molecule has 2 rings (SSSR count). The van der Waals surface area contributed by atoms with E-state index in [0.29, 0.717) is 11.4 Å². The molecule has 1 heterocycles. The lowest BCUT2D eigenvalue weighted by molar-refractivity contribution is -0.130. The van der Waals surface area contributed by atoms with Crippen LogP contribution in [0.3, 0.4) is 0 Å². The molecule has 0 spiro atoms. The number of amides is 1. The molecule has 29 heavy (non-hydrogen) atoms. The van der Waals surface area contributed by atoms with Crippen molar-refractivity contribution >= 4 is 33.8 Å². The molecule has 0 aliphatic carbocycles. The molecule has 8 nitrogen and oxygen atoms in total. The first-order valence-electron chi connectivity index (χ1n) is 8.35. The van der Waals surface area contributed by atoms with E-state index in [1.807, 2.05) is 0 Å². The van der Waals surface area contributed by atoms with E-state index in [-0.39, 0.29) is 23.9 Å². The fourth-order valence-corrected chi connectivity index (χ4v) is 3.80. The summed E-state index contributed by atoms with van der Waals surface area (Å²) in [5.41, 5.74) is 1.98. The van der Waals surface area contributed by atoms with Gasteiger partial charge in [-0.05, 0) is 50.2 Å². The number of hydroxylamine groups is 1. The van der Waals surface area contributed by atoms with Gasteiger partial charge in [0.25, 0.3) is 5.91 Å². The zero-order chi connectivity index (χ0) is 20.6. The third-order valence-corrected chi connectivity index (χ3v) is 5.52. The van der Waals surface area contributed by atoms with Crippen LogP contribution in [-0.4, -0.2) is 43.0 Å². The van der Waals surface area contributed by atoms with E-state index in [0.717, 1.165) is 0 Å². The van der Waals surface area contributed by atoms with Crippen LogP contribution in [0, 0.1) is 11.8 Å². The number of carbonyl (C=O) groups excluding carboxylic acids is 1. The number of ether oxygens (including phenoxy) is 1. The van der Waals surface area contributed by atoms with Crippen molar-refractivity contribution in [3.8, 4) is 17.6 Å². The second-order valence-corrected chi connectivity index (χ2v) is 7.72. The topological polar surface area (TPSA) is 109 Å². The highest BCUT2D eigenvalue weighted by Crippen LogP contribution is 2.22. The normalized spacial score (nSPS) is 11.3. The van der Waals surface area contributed by atoms with Crippen LogP contribution in [0.15, 0.2) is 53.7 Å². The average Bonchev–Trinajstić information content (AvgIpc) is 2.72. The van der Waals surface area contributed by atoms with Crippen molar-refractivity contribution in [2.75, 3.05) is 17.4 Å². The molecular formula is C19H22ClN3O5S. The fourth-order valence-electron chi connectivity index (χ4n) is 2.36. The number of nitrogens with one attached hydrogen (secondary N) is 1. The molecule has 156 valence electrons. The first-order chi connectivity index (χ1) is 13.4. The highest BCUT2D eigenvalue weighted by Gasteiger charge is 2.27. The first kappa shape index (κ1) is 24.2. The van der Waals surface area contributed by atoms with E-state index >= 15 is 0 Å². The van der Waals surface area contributed by atoms with Crippen LogP contribution >= 0.6 is 12.4 Å². The van der Waals surface area contributed by atoms with Crippen molar-refractivity contribution in [3.05, 3.63) is 48.8 Å². The molecule has 0 bridgehead atoms. The minimum absolute atomic E-state index is 0. The van der Waals surface area contributed by atoms with Crippen molar-refractivity contribution in [1.82, 2.24) is 10.5 Å². The summed E-state index contributed by atoms with van der Waals surface area (Å²) in [6.45, 7) is 3.40. The van der Waals surface area contributed by atoms with Gasteiger partial charge in [0.1, 0.15) is 24.3 Å². The first-order valence-corrected chi connectivity index (χ1v) is 10.00. The maximum atomic E-state index is 12.9. The number of benzene rings is 1. The van der Waals surface area contributed by atoms with E-state index in [4.69, 9.17) is 9.94 Å². The van der Waals surface area contributed by atoms with Crippen molar-refractivity contribution in [3.63, 3.8) is 0 Å². The number of carbonyl (C=O) groups is 1. The number of hydrogen-bond acceptors (Lipinski definition) is 7. The van der Waals surface area contributed by atoms with Crippen LogP contribution in [0.1, 0.15) is 13.8 Å². The second kappa shape index (κ2) is 11.3. The van der Waals surface area contributed by atoms with Gasteiger partial charge in [0, 0.05) is 6.20 Å². The Morgan fingerprint density at radius 1 is 1.31 bits per heavy atom. The Balaban J connectivity index is 0.00000420. The largest absolute Gasteiger partial charge is 0.481 e. The lowest BCUT2D eigenvalue weighted by atomic mass is 10.2. The van der Waals surface area contributed by atoms with E-state index < -0.39 is 27.7 Å². The summed E-state index contributed by atoms with van der Waals surface area (Å²) in [5, 5.41) is 8.92. The molecule has 0 saturated carbocycles. The highest BCUT2D eigenvalue weighted by molar-refractivity contribution is 7.91. The molecule has 0 saturated heterocycles. The molecule has 0 aliphatic rings. The van der Waals surface area contributed by atoms with Crippen molar-refractivity contribution in [2.24, 2.45) is 0 Å². The SMILES string of the molecule is CC#CCOc1ccc(S(=O)(=O)CN(c2cccnc2)C(C)C(=O)NO)cc1.Cl. The molecule has 2 aromatic rings. The molecule has 0 radical (unpaired) electrons. The monoisotopic (exact) mass is 439 g/mol. The second-order valence-electron chi connectivity index (χ2n) is 5.76. The predicted molar refractivity (Wildman–Crippen MR) is 111 cm³/mol. The Bertz CT molecular complexity index is 957. The summed E-state index contributed by atoms with van der Waals surface area (Å²) in [4.78, 5) is 17.3. The Morgan fingerprint density at radius 3 is 2.55 bits per heavy atom. The number of pyridine rings is 1. The Labute approximate surface area is 176 Å². The molecule has 1 aromatic heterocycles. The number of sulfone groups is 1. The summed E-state index contributed by atoms with van der Waals surface area (Å²) in [5.74, 6) is 4.74. The lowest BCUT2D eigenvalue weighted by Gasteiger charge is -2.29. The minimum atomic E-state index is -3.78. The molecular weight excluding hydrogens is 418 g/mol. The lowest BCUT2D eigenvalue weighted by Crippen LogP contribution is -2.46. The van der Waals surface area contributed by atoms with Gasteiger partial charge in [-0.25, -0.2) is 13.9 Å². The van der Waals surface area contributed by atoms with Gasteiger partial charge in [-0.1, -0.05) is 5.92 Å². The summed E-state index contributed by atoms with van der Waals surface area (Å²) in [7, 11) is -3.78. The van der Waals surface area contributed by atoms with Crippen LogP contribution in [0.5, 0.6) is 5.75 Å². The quantitative estimate of drug-likeness (QED) is 0.368. The molecule has 2 N–H and O–H groups in total. The van der Waals surface area contributed by atoms with Gasteiger partial charge in [-0.3, -0.25) is 15.0 Å². The molecule has 0 aliphatic heterocycles. The summed E-state index contributed by atoms with van der Waals surface area (Å²) < 4.78 is 31.1. The number of halogens is 1. The van der Waals surface area contributed by atoms with Gasteiger partial charge in [-0.15, -0.1) is 18.3 Å². The smallest absolute Gasteiger partial charge is 0.265 e. The van der Waals surface area contributed by atoms with E-state index in [2.05, 4.69) is 16.8 Å². The van der Waals surface area contributed by atoms with Gasteiger partial charge >= 0.3 is 0 Å². The summed E-state index contributed by atoms with van der Waals surface area (Å²) in [6, 6.07) is 8.27. The zero-order valence-electron chi connectivity index (χ0n) is 15.9. The predicted octanol–water partition coefficient (Wildman–Crippen LogP) is 2.04. The van der Waals surface area contributed by atoms with E-state index in [9.17, 15) is 13.2 Å².